The predicted molar refractivity (Wildman–Crippen MR) is 72.0 cm³/mol. The number of amides is 1. The van der Waals surface area contributed by atoms with Crippen LogP contribution in [-0.2, 0) is 4.79 Å². The van der Waals surface area contributed by atoms with Crippen molar-refractivity contribution >= 4 is 11.6 Å². The second-order valence-corrected chi connectivity index (χ2v) is 7.36. The second-order valence-electron chi connectivity index (χ2n) is 7.36. The molecule has 25 heavy (non-hydrogen) atoms. The molecule has 1 aliphatic heterocycles. The third-order valence-corrected chi connectivity index (χ3v) is 4.43. The van der Waals surface area contributed by atoms with Crippen LogP contribution < -0.4 is 0 Å². The summed E-state index contributed by atoms with van der Waals surface area (Å²) in [6.07, 6.45) is -7.04. The van der Waals surface area contributed by atoms with Crippen molar-refractivity contribution in [2.45, 2.75) is 63.8 Å². The maximum atomic E-state index is 13.9. The molecule has 2 rings (SSSR count). The van der Waals surface area contributed by atoms with Gasteiger partial charge in [-0.05, 0) is 12.8 Å². The van der Waals surface area contributed by atoms with E-state index in [1.54, 1.807) is 0 Å². The Bertz CT molecular complexity index is 605. The molecular formula is C14H17F7N2O2. The Labute approximate surface area is 138 Å². The summed E-state index contributed by atoms with van der Waals surface area (Å²) in [7, 11) is 0. The molecule has 1 N–H and O–H groups in total. The van der Waals surface area contributed by atoms with Crippen molar-refractivity contribution in [2.75, 3.05) is 0 Å². The largest absolute Gasteiger partial charge is 0.460 e. The monoisotopic (exact) mass is 378 g/mol. The Kier molecular flexibility index (Phi) is 4.23. The van der Waals surface area contributed by atoms with E-state index in [-0.39, 0.29) is 5.01 Å². The number of halogens is 7. The zero-order chi connectivity index (χ0) is 19.6. The van der Waals surface area contributed by atoms with Crippen LogP contribution >= 0.6 is 0 Å². The van der Waals surface area contributed by atoms with E-state index in [4.69, 9.17) is 0 Å². The highest BCUT2D eigenvalue weighted by atomic mass is 19.4. The summed E-state index contributed by atoms with van der Waals surface area (Å²) in [5.74, 6) is -13.6. The van der Waals surface area contributed by atoms with E-state index in [2.05, 4.69) is 5.10 Å². The first kappa shape index (κ1) is 19.9. The lowest BCUT2D eigenvalue weighted by atomic mass is 9.79. The molecule has 0 aromatic rings. The van der Waals surface area contributed by atoms with E-state index in [0.717, 1.165) is 0 Å². The minimum Gasteiger partial charge on any atom is -0.368 e. The second kappa shape index (κ2) is 5.31. The van der Waals surface area contributed by atoms with Gasteiger partial charge in [-0.3, -0.25) is 4.79 Å². The quantitative estimate of drug-likeness (QED) is 0.764. The molecule has 0 spiro atoms. The Hall–Kier alpha value is -1.39. The molecule has 0 bridgehead atoms. The van der Waals surface area contributed by atoms with E-state index in [0.29, 0.717) is 12.8 Å². The minimum absolute atomic E-state index is 0.250. The summed E-state index contributed by atoms with van der Waals surface area (Å²) < 4.78 is 91.5. The fourth-order valence-corrected chi connectivity index (χ4v) is 2.40. The van der Waals surface area contributed by atoms with E-state index in [1.165, 1.54) is 20.8 Å². The zero-order valence-corrected chi connectivity index (χ0v) is 13.6. The molecule has 1 atom stereocenters. The topological polar surface area (TPSA) is 52.9 Å². The SMILES string of the molecule is CC(C)(C)C1(O)CC(C(F)(F)C(F)(F)C(F)(F)F)=NN1C(=O)C1CC1. The average Bonchev–Trinajstić information content (AvgIpc) is 3.18. The van der Waals surface area contributed by atoms with E-state index < -0.39 is 53.1 Å². The lowest BCUT2D eigenvalue weighted by Gasteiger charge is -2.42. The molecule has 4 nitrogen and oxygen atoms in total. The number of nitrogens with zero attached hydrogens (tertiary/aromatic N) is 2. The van der Waals surface area contributed by atoms with Gasteiger partial charge in [0.05, 0.1) is 0 Å². The molecule has 1 unspecified atom stereocenters. The van der Waals surface area contributed by atoms with Crippen LogP contribution in [0, 0.1) is 11.3 Å². The number of alkyl halides is 7. The molecule has 0 saturated heterocycles. The molecule has 0 radical (unpaired) electrons. The van der Waals surface area contributed by atoms with E-state index in [9.17, 15) is 40.6 Å². The molecule has 1 saturated carbocycles. The van der Waals surface area contributed by atoms with Gasteiger partial charge in [-0.15, -0.1) is 0 Å². The van der Waals surface area contributed by atoms with Gasteiger partial charge < -0.3 is 5.11 Å². The van der Waals surface area contributed by atoms with Crippen molar-refractivity contribution in [3.63, 3.8) is 0 Å². The van der Waals surface area contributed by atoms with Gasteiger partial charge in [0.25, 0.3) is 0 Å². The highest BCUT2D eigenvalue weighted by Crippen LogP contribution is 2.52. The number of rotatable bonds is 3. The standard InChI is InChI=1S/C14H17F7N2O2/c1-10(2,3)11(25)6-8(22-23(11)9(24)7-4-5-7)12(15,16)13(17,18)14(19,20)21/h7,25H,4-6H2,1-3H3. The van der Waals surface area contributed by atoms with Gasteiger partial charge in [0.15, 0.2) is 5.72 Å². The maximum Gasteiger partial charge on any atom is 0.460 e. The summed E-state index contributed by atoms with van der Waals surface area (Å²) >= 11 is 0. The predicted octanol–water partition coefficient (Wildman–Crippen LogP) is 3.55. The first-order valence-electron chi connectivity index (χ1n) is 7.43. The van der Waals surface area contributed by atoms with Crippen LogP contribution in [0.4, 0.5) is 30.7 Å². The number of aliphatic hydroxyl groups is 1. The first-order chi connectivity index (χ1) is 11.0. The summed E-state index contributed by atoms with van der Waals surface area (Å²) in [5, 5.41) is 14.0. The van der Waals surface area contributed by atoms with Crippen molar-refractivity contribution < 1.29 is 40.6 Å². The Morgan fingerprint density at radius 2 is 1.60 bits per heavy atom. The number of hydrogen-bond acceptors (Lipinski definition) is 3. The fraction of sp³-hybridized carbons (Fsp3) is 0.857. The van der Waals surface area contributed by atoms with Crippen LogP contribution in [0.25, 0.3) is 0 Å². The maximum absolute atomic E-state index is 13.9. The normalized spacial score (nSPS) is 26.0. The van der Waals surface area contributed by atoms with Crippen LogP contribution in [0.5, 0.6) is 0 Å². The zero-order valence-electron chi connectivity index (χ0n) is 13.6. The average molecular weight is 378 g/mol. The van der Waals surface area contributed by atoms with E-state index >= 15 is 0 Å². The highest BCUT2D eigenvalue weighted by Gasteiger charge is 2.76. The lowest BCUT2D eigenvalue weighted by molar-refractivity contribution is -0.336. The Morgan fingerprint density at radius 1 is 1.12 bits per heavy atom. The molecule has 0 aromatic heterocycles. The summed E-state index contributed by atoms with van der Waals surface area (Å²) in [6.45, 7) is 4.00. The van der Waals surface area contributed by atoms with Crippen LogP contribution in [0.15, 0.2) is 5.10 Å². The van der Waals surface area contributed by atoms with Crippen LogP contribution in [-0.4, -0.2) is 45.5 Å². The number of hydrogen-bond donors (Lipinski definition) is 1. The molecular weight excluding hydrogens is 361 g/mol. The molecule has 1 amide bonds. The van der Waals surface area contributed by atoms with Crippen molar-refractivity contribution in [2.24, 2.45) is 16.4 Å². The van der Waals surface area contributed by atoms with Crippen molar-refractivity contribution in [3.8, 4) is 0 Å². The number of carbonyl (C=O) groups is 1. The van der Waals surface area contributed by atoms with Crippen molar-refractivity contribution in [1.29, 1.82) is 0 Å². The minimum atomic E-state index is -6.52. The number of hydrazone groups is 1. The molecule has 144 valence electrons. The first-order valence-corrected chi connectivity index (χ1v) is 7.43. The third-order valence-electron chi connectivity index (χ3n) is 4.43. The smallest absolute Gasteiger partial charge is 0.368 e. The van der Waals surface area contributed by atoms with Crippen LogP contribution in [0.2, 0.25) is 0 Å². The molecule has 2 aliphatic rings. The van der Waals surface area contributed by atoms with E-state index in [1.807, 2.05) is 0 Å². The Morgan fingerprint density at radius 3 is 1.96 bits per heavy atom. The van der Waals surface area contributed by atoms with Crippen molar-refractivity contribution in [1.82, 2.24) is 5.01 Å². The van der Waals surface area contributed by atoms with Gasteiger partial charge in [0.2, 0.25) is 5.91 Å². The van der Waals surface area contributed by atoms with Crippen LogP contribution in [0.3, 0.4) is 0 Å². The van der Waals surface area contributed by atoms with Gasteiger partial charge in [-0.2, -0.15) is 35.8 Å². The van der Waals surface area contributed by atoms with Crippen molar-refractivity contribution in [3.05, 3.63) is 0 Å². The molecule has 0 aromatic carbocycles. The van der Waals surface area contributed by atoms with Gasteiger partial charge in [-0.1, -0.05) is 20.8 Å². The fourth-order valence-electron chi connectivity index (χ4n) is 2.40. The molecule has 1 heterocycles. The summed E-state index contributed by atoms with van der Waals surface area (Å²) in [4.78, 5) is 12.2. The summed E-state index contributed by atoms with van der Waals surface area (Å²) in [5.41, 5.74) is -5.64. The number of carbonyl (C=O) groups excluding carboxylic acids is 1. The van der Waals surface area contributed by atoms with Gasteiger partial charge in [-0.25, -0.2) is 5.01 Å². The van der Waals surface area contributed by atoms with Crippen LogP contribution in [0.1, 0.15) is 40.0 Å². The van der Waals surface area contributed by atoms with Gasteiger partial charge >= 0.3 is 18.0 Å². The lowest BCUT2D eigenvalue weighted by Crippen LogP contribution is -2.58. The Balaban J connectivity index is 2.49. The molecule has 11 heteroatoms. The molecule has 1 aliphatic carbocycles. The third kappa shape index (κ3) is 2.89. The summed E-state index contributed by atoms with van der Waals surface area (Å²) in [6, 6.07) is 0. The van der Waals surface area contributed by atoms with Gasteiger partial charge in [0, 0.05) is 17.8 Å². The highest BCUT2D eigenvalue weighted by molar-refractivity contribution is 5.97. The molecule has 1 fully saturated rings. The van der Waals surface area contributed by atoms with Gasteiger partial charge in [0.1, 0.15) is 5.71 Å².